The highest BCUT2D eigenvalue weighted by molar-refractivity contribution is 6.25. The van der Waals surface area contributed by atoms with Crippen LogP contribution in [0.25, 0.3) is 0 Å². The monoisotopic (exact) mass is 573 g/mol. The lowest BCUT2D eigenvalue weighted by atomic mass is 9.71. The van der Waals surface area contributed by atoms with Crippen molar-refractivity contribution in [1.82, 2.24) is 16.0 Å². The van der Waals surface area contributed by atoms with E-state index in [1.165, 1.54) is 28.1 Å². The first-order valence-electron chi connectivity index (χ1n) is 13.4. The summed E-state index contributed by atoms with van der Waals surface area (Å²) >= 11 is 0. The van der Waals surface area contributed by atoms with E-state index in [0.29, 0.717) is 12.8 Å². The normalized spacial score (nSPS) is 20.0. The molecule has 13 nitrogen and oxygen atoms in total. The Hall–Kier alpha value is -2.42. The predicted octanol–water partition coefficient (Wildman–Crippen LogP) is -1.21. The fraction of sp³-hybridized carbons (Fsp3) is 0.778. The minimum Gasteiger partial charge on any atom is -0.479 e. The zero-order valence-electron chi connectivity index (χ0n) is 25.0. The van der Waals surface area contributed by atoms with Gasteiger partial charge in [-0.3, -0.25) is 24.0 Å². The van der Waals surface area contributed by atoms with E-state index in [-0.39, 0.29) is 5.92 Å². The van der Waals surface area contributed by atoms with Gasteiger partial charge in [-0.15, -0.1) is 0 Å². The van der Waals surface area contributed by atoms with Crippen LogP contribution in [0.4, 0.5) is 0 Å². The number of carboxylic acid groups (broad SMARTS) is 1. The molecular formula is C27H47N3O10. The molecular weight excluding hydrogens is 526 g/mol. The van der Waals surface area contributed by atoms with Crippen molar-refractivity contribution < 1.29 is 49.2 Å². The van der Waals surface area contributed by atoms with E-state index < -0.39 is 88.6 Å². The number of carbonyl (C=O) groups excluding carboxylic acids is 5. The molecule has 0 aliphatic carbocycles. The molecule has 40 heavy (non-hydrogen) atoms. The lowest BCUT2D eigenvalue weighted by Gasteiger charge is -2.37. The second-order valence-corrected chi connectivity index (χ2v) is 10.7. The average molecular weight is 574 g/mol. The fourth-order valence-corrected chi connectivity index (χ4v) is 4.50. The van der Waals surface area contributed by atoms with Crippen molar-refractivity contribution in [2.75, 3.05) is 21.1 Å². The van der Waals surface area contributed by atoms with Gasteiger partial charge in [-0.25, -0.2) is 4.79 Å². The maximum atomic E-state index is 13.8. The summed E-state index contributed by atoms with van der Waals surface area (Å²) in [6.45, 7) is 8.92. The number of Topliss-reactive ketones (excluding diaryl/α,β-unsaturated/α-hetero) is 5. The van der Waals surface area contributed by atoms with Crippen LogP contribution in [0.1, 0.15) is 67.2 Å². The maximum Gasteiger partial charge on any atom is 0.344 e. The summed E-state index contributed by atoms with van der Waals surface area (Å²) in [7, 11) is 4.16. The summed E-state index contributed by atoms with van der Waals surface area (Å²) in [5, 5.41) is 51.3. The highest BCUT2D eigenvalue weighted by atomic mass is 16.4. The molecule has 4 unspecified atom stereocenters. The van der Waals surface area contributed by atoms with Gasteiger partial charge in [0.05, 0.1) is 31.0 Å². The molecule has 0 bridgehead atoms. The second-order valence-electron chi connectivity index (χ2n) is 10.7. The van der Waals surface area contributed by atoms with Gasteiger partial charge in [0.25, 0.3) is 0 Å². The molecule has 0 fully saturated rings. The van der Waals surface area contributed by atoms with E-state index in [4.69, 9.17) is 0 Å². The number of hydrogen-bond donors (Lipinski definition) is 7. The van der Waals surface area contributed by atoms with Crippen LogP contribution in [0.3, 0.4) is 0 Å². The predicted molar refractivity (Wildman–Crippen MR) is 146 cm³/mol. The molecule has 13 heteroatoms. The molecule has 0 saturated heterocycles. The van der Waals surface area contributed by atoms with Crippen LogP contribution in [0, 0.1) is 11.8 Å². The van der Waals surface area contributed by atoms with Gasteiger partial charge in [-0.05, 0) is 46.8 Å². The first-order chi connectivity index (χ1) is 18.3. The van der Waals surface area contributed by atoms with Gasteiger partial charge in [0.2, 0.25) is 11.4 Å². The molecule has 8 atom stereocenters. The van der Waals surface area contributed by atoms with E-state index in [1.54, 1.807) is 27.7 Å². The van der Waals surface area contributed by atoms with Gasteiger partial charge >= 0.3 is 5.97 Å². The Morgan fingerprint density at radius 2 is 1.15 bits per heavy atom. The Kier molecular flexibility index (Phi) is 14.1. The van der Waals surface area contributed by atoms with Crippen LogP contribution in [-0.2, 0) is 28.8 Å². The Labute approximate surface area is 235 Å². The lowest BCUT2D eigenvalue weighted by molar-refractivity contribution is -0.181. The van der Waals surface area contributed by atoms with Crippen LogP contribution in [0.2, 0.25) is 0 Å². The van der Waals surface area contributed by atoms with E-state index in [2.05, 4.69) is 16.0 Å². The van der Waals surface area contributed by atoms with E-state index in [1.807, 2.05) is 0 Å². The van der Waals surface area contributed by atoms with Crippen molar-refractivity contribution in [3.05, 3.63) is 0 Å². The number of aliphatic carboxylic acids is 1. The smallest absolute Gasteiger partial charge is 0.344 e. The highest BCUT2D eigenvalue weighted by Gasteiger charge is 2.61. The van der Waals surface area contributed by atoms with Crippen LogP contribution < -0.4 is 16.0 Å². The Balaban J connectivity index is 7.02. The number of carbonyl (C=O) groups is 6. The van der Waals surface area contributed by atoms with Crippen LogP contribution in [0.5, 0.6) is 0 Å². The first-order valence-corrected chi connectivity index (χ1v) is 13.4. The molecule has 0 radical (unpaired) electrons. The van der Waals surface area contributed by atoms with Crippen molar-refractivity contribution in [2.45, 2.75) is 102 Å². The van der Waals surface area contributed by atoms with Gasteiger partial charge < -0.3 is 36.4 Å². The highest BCUT2D eigenvalue weighted by Crippen LogP contribution is 2.31. The largest absolute Gasteiger partial charge is 0.479 e. The van der Waals surface area contributed by atoms with Crippen LogP contribution >= 0.6 is 0 Å². The first kappa shape index (κ1) is 37.6. The van der Waals surface area contributed by atoms with Gasteiger partial charge in [0, 0.05) is 0 Å². The molecule has 0 rings (SSSR count). The van der Waals surface area contributed by atoms with Crippen molar-refractivity contribution in [1.29, 1.82) is 0 Å². The summed E-state index contributed by atoms with van der Waals surface area (Å²) in [5.41, 5.74) is -9.94. The van der Waals surface area contributed by atoms with Crippen molar-refractivity contribution in [3.8, 4) is 0 Å². The van der Waals surface area contributed by atoms with Crippen LogP contribution in [-0.4, -0.2) is 111 Å². The molecule has 0 aromatic heterocycles. The summed E-state index contributed by atoms with van der Waals surface area (Å²) < 4.78 is 0. The van der Waals surface area contributed by atoms with Gasteiger partial charge in [0.1, 0.15) is 0 Å². The maximum absolute atomic E-state index is 13.8. The zero-order chi connectivity index (χ0) is 31.8. The quantitative estimate of drug-likeness (QED) is 0.0851. The molecule has 0 saturated carbocycles. The molecule has 7 N–H and O–H groups in total. The van der Waals surface area contributed by atoms with Crippen molar-refractivity contribution >= 4 is 34.9 Å². The minimum atomic E-state index is -3.62. The van der Waals surface area contributed by atoms with Gasteiger partial charge in [-0.1, -0.05) is 40.5 Å². The standard InChI is InChI=1S/C27H47N3O10/c1-10-14(3)19(29-8)17(31)12-27(40,24(36)37)23(35)26(39,22(34)20(30-9)15(4)11-2)13-18(32)25(6,38)21(33)16(5)28-7/h14-16,19-20,28-30,38-40H,10-13H2,1-9H3,(H,36,37)/t14?,15-,16+,19+,20+,25?,26?,27?/m0/s1. The Morgan fingerprint density at radius 3 is 1.52 bits per heavy atom. The van der Waals surface area contributed by atoms with E-state index in [9.17, 15) is 49.2 Å². The molecule has 0 spiro atoms. The molecule has 0 amide bonds. The summed E-state index contributed by atoms with van der Waals surface area (Å²) in [6, 6.07) is -3.32. The number of carboxylic acids is 1. The van der Waals surface area contributed by atoms with Crippen LogP contribution in [0.15, 0.2) is 0 Å². The fourth-order valence-electron chi connectivity index (χ4n) is 4.50. The Morgan fingerprint density at radius 1 is 0.700 bits per heavy atom. The van der Waals surface area contributed by atoms with E-state index in [0.717, 1.165) is 6.92 Å². The molecule has 0 aromatic rings. The third-order valence-corrected chi connectivity index (χ3v) is 7.89. The Bertz CT molecular complexity index is 968. The molecule has 0 aromatic carbocycles. The topological polar surface area (TPSA) is 219 Å². The minimum absolute atomic E-state index is 0.331. The number of hydrogen-bond acceptors (Lipinski definition) is 12. The lowest BCUT2D eigenvalue weighted by Crippen LogP contribution is -2.67. The molecule has 0 heterocycles. The number of nitrogens with one attached hydrogen (secondary N) is 3. The number of likely N-dealkylation sites (N-methyl/N-ethyl adjacent to an activating group) is 3. The van der Waals surface area contributed by atoms with Crippen molar-refractivity contribution in [2.24, 2.45) is 11.8 Å². The van der Waals surface area contributed by atoms with Gasteiger partial charge in [-0.2, -0.15) is 0 Å². The van der Waals surface area contributed by atoms with E-state index >= 15 is 0 Å². The number of ketones is 5. The zero-order valence-corrected chi connectivity index (χ0v) is 25.0. The average Bonchev–Trinajstić information content (AvgIpc) is 2.91. The van der Waals surface area contributed by atoms with Crippen molar-refractivity contribution in [3.63, 3.8) is 0 Å². The number of aliphatic hydroxyl groups is 3. The second kappa shape index (κ2) is 15.0. The molecule has 0 aliphatic heterocycles. The molecule has 230 valence electrons. The summed E-state index contributed by atoms with van der Waals surface area (Å²) in [4.78, 5) is 78.7. The molecule has 0 aliphatic rings. The SMILES string of the molecule is CCC(C)[C@@H](NC)C(=O)CC(O)(C(=O)O)C(=O)C(O)(CC(=O)C(C)(O)C(=O)[C@@H](C)NC)C(=O)[C@H](NC)[C@@H](C)CC. The summed E-state index contributed by atoms with van der Waals surface area (Å²) in [5.74, 6) is -9.86. The number of rotatable bonds is 20. The summed E-state index contributed by atoms with van der Waals surface area (Å²) in [6.07, 6.45) is -2.01. The third kappa shape index (κ3) is 7.86. The third-order valence-electron chi connectivity index (χ3n) is 7.89. The van der Waals surface area contributed by atoms with Gasteiger partial charge in [0.15, 0.2) is 34.3 Å².